The Morgan fingerprint density at radius 1 is 0.814 bits per heavy atom. The first kappa shape index (κ1) is 28.1. The number of carbonyl (C=O) groups excluding carboxylic acids is 4. The van der Waals surface area contributed by atoms with Crippen molar-refractivity contribution in [2.24, 2.45) is 17.8 Å². The van der Waals surface area contributed by atoms with Crippen LogP contribution in [0.25, 0.3) is 0 Å². The molecule has 7 rings (SSSR count). The van der Waals surface area contributed by atoms with Crippen LogP contribution < -0.4 is 9.80 Å². The molecule has 0 aromatic heterocycles. The van der Waals surface area contributed by atoms with Gasteiger partial charge in [-0.25, -0.2) is 9.29 Å². The van der Waals surface area contributed by atoms with E-state index >= 15 is 0 Å². The number of benzene rings is 3. The molecule has 4 aliphatic rings. The quantitative estimate of drug-likeness (QED) is 0.217. The number of anilines is 2. The van der Waals surface area contributed by atoms with Crippen molar-refractivity contribution in [1.29, 1.82) is 0 Å². The summed E-state index contributed by atoms with van der Waals surface area (Å²) in [5.74, 6) is -6.91. The zero-order chi connectivity index (χ0) is 30.4. The summed E-state index contributed by atoms with van der Waals surface area (Å²) < 4.78 is 13.8. The van der Waals surface area contributed by atoms with E-state index < -0.39 is 57.0 Å². The van der Waals surface area contributed by atoms with E-state index in [0.29, 0.717) is 11.3 Å². The fourth-order valence-electron chi connectivity index (χ4n) is 7.33. The van der Waals surface area contributed by atoms with Gasteiger partial charge in [-0.3, -0.25) is 24.1 Å². The van der Waals surface area contributed by atoms with E-state index in [9.17, 15) is 28.7 Å². The molecule has 3 fully saturated rings. The molecule has 4 amide bonds. The molecule has 3 aromatic rings. The minimum atomic E-state index is -2.16. The maximum Gasteiger partial charge on any atom is 0.258 e. The summed E-state index contributed by atoms with van der Waals surface area (Å²) in [4.78, 5) is 53.9. The van der Waals surface area contributed by atoms with Gasteiger partial charge in [0.2, 0.25) is 11.8 Å². The van der Waals surface area contributed by atoms with Crippen LogP contribution in [0.3, 0.4) is 0 Å². The highest BCUT2D eigenvalue weighted by atomic mass is 35.5. The lowest BCUT2D eigenvalue weighted by atomic mass is 9.56. The number of alkyl halides is 2. The third kappa shape index (κ3) is 3.73. The van der Waals surface area contributed by atoms with Crippen molar-refractivity contribution >= 4 is 69.8 Å². The van der Waals surface area contributed by atoms with E-state index in [-0.39, 0.29) is 40.8 Å². The summed E-state index contributed by atoms with van der Waals surface area (Å²) in [5, 5.41) is 11.3. The highest BCUT2D eigenvalue weighted by Crippen LogP contribution is 2.66. The normalized spacial score (nSPS) is 31.6. The number of allylic oxidation sites excluding steroid dienone is 2. The largest absolute Gasteiger partial charge is 0.508 e. The molecule has 2 aliphatic carbocycles. The number of hydrogen-bond donors (Lipinski definition) is 1. The van der Waals surface area contributed by atoms with E-state index in [2.05, 4.69) is 0 Å². The molecule has 2 aliphatic heterocycles. The monoisotopic (exact) mass is 638 g/mol. The van der Waals surface area contributed by atoms with E-state index in [4.69, 9.17) is 34.8 Å². The predicted octanol–water partition coefficient (Wildman–Crippen LogP) is 5.95. The van der Waals surface area contributed by atoms with Gasteiger partial charge in [-0.2, -0.15) is 0 Å². The second kappa shape index (κ2) is 9.64. The van der Waals surface area contributed by atoms with Crippen LogP contribution in [0, 0.1) is 23.6 Å². The van der Waals surface area contributed by atoms with Gasteiger partial charge in [-0.15, -0.1) is 23.2 Å². The Morgan fingerprint density at radius 3 is 2.19 bits per heavy atom. The van der Waals surface area contributed by atoms with Crippen LogP contribution in [-0.2, 0) is 19.2 Å². The van der Waals surface area contributed by atoms with Gasteiger partial charge in [-0.05, 0) is 73.4 Å². The number of nitrogens with zero attached hydrogens (tertiary/aromatic N) is 2. The highest BCUT2D eigenvalue weighted by Gasteiger charge is 2.77. The minimum absolute atomic E-state index is 0.0668. The molecule has 1 N–H and O–H groups in total. The van der Waals surface area contributed by atoms with Crippen molar-refractivity contribution in [1.82, 2.24) is 0 Å². The predicted molar refractivity (Wildman–Crippen MR) is 159 cm³/mol. The van der Waals surface area contributed by atoms with Crippen LogP contribution in [0.5, 0.6) is 5.75 Å². The maximum atomic E-state index is 14.3. The first-order valence-electron chi connectivity index (χ1n) is 13.6. The molecule has 3 aromatic carbocycles. The number of imide groups is 2. The molecular weight excluding hydrogens is 618 g/mol. The second-order valence-corrected chi connectivity index (χ2v) is 13.0. The topological polar surface area (TPSA) is 95.0 Å². The van der Waals surface area contributed by atoms with Crippen molar-refractivity contribution < 1.29 is 28.7 Å². The number of halogens is 4. The molecule has 2 heterocycles. The van der Waals surface area contributed by atoms with Gasteiger partial charge in [0.1, 0.15) is 11.6 Å². The molecule has 1 saturated carbocycles. The van der Waals surface area contributed by atoms with Crippen molar-refractivity contribution in [3.05, 3.63) is 101 Å². The fraction of sp³-hybridized carbons (Fsp3) is 0.250. The van der Waals surface area contributed by atoms with Gasteiger partial charge in [0.15, 0.2) is 9.75 Å². The van der Waals surface area contributed by atoms with Gasteiger partial charge in [0.25, 0.3) is 11.8 Å². The van der Waals surface area contributed by atoms with Crippen molar-refractivity contribution in [2.45, 2.75) is 28.5 Å². The Balaban J connectivity index is 1.42. The number of para-hydroxylation sites is 1. The average molecular weight is 640 g/mol. The Morgan fingerprint density at radius 2 is 1.49 bits per heavy atom. The van der Waals surface area contributed by atoms with E-state index in [1.54, 1.807) is 36.4 Å². The van der Waals surface area contributed by atoms with Crippen LogP contribution in [0.2, 0.25) is 5.02 Å². The third-order valence-corrected chi connectivity index (χ3v) is 10.9. The molecule has 6 unspecified atom stereocenters. The second-order valence-electron chi connectivity index (χ2n) is 11.3. The molecule has 6 atom stereocenters. The van der Waals surface area contributed by atoms with Gasteiger partial charge in [0, 0.05) is 16.5 Å². The van der Waals surface area contributed by atoms with E-state index in [0.717, 1.165) is 21.9 Å². The molecular formula is C32H22Cl3FN2O5. The lowest BCUT2D eigenvalue weighted by Crippen LogP contribution is -2.60. The molecule has 0 spiro atoms. The molecule has 218 valence electrons. The third-order valence-electron chi connectivity index (χ3n) is 9.21. The molecule has 11 heteroatoms. The van der Waals surface area contributed by atoms with Crippen LogP contribution in [-0.4, -0.2) is 38.5 Å². The van der Waals surface area contributed by atoms with E-state index in [1.807, 2.05) is 0 Å². The SMILES string of the molecule is O=C1C2CC=C3C(CC4(Cl)C(=O)N(c5ccc(F)cc5)C(=O)C4(Cl)C3c3cc(Cl)ccc3O)C2C(=O)N1c1ccccc1. The summed E-state index contributed by atoms with van der Waals surface area (Å²) >= 11 is 20.9. The van der Waals surface area contributed by atoms with Crippen LogP contribution in [0.1, 0.15) is 24.3 Å². The lowest BCUT2D eigenvalue weighted by molar-refractivity contribution is -0.125. The Bertz CT molecular complexity index is 1770. The van der Waals surface area contributed by atoms with Crippen molar-refractivity contribution in [3.63, 3.8) is 0 Å². The highest BCUT2D eigenvalue weighted by molar-refractivity contribution is 6.58. The van der Waals surface area contributed by atoms with Gasteiger partial charge in [0.05, 0.1) is 23.2 Å². The zero-order valence-electron chi connectivity index (χ0n) is 22.2. The summed E-state index contributed by atoms with van der Waals surface area (Å²) in [5.41, 5.74) is 1.16. The average Bonchev–Trinajstić information content (AvgIpc) is 3.33. The summed E-state index contributed by atoms with van der Waals surface area (Å²) in [6.07, 6.45) is 1.72. The zero-order valence-corrected chi connectivity index (χ0v) is 24.5. The number of hydrogen-bond acceptors (Lipinski definition) is 5. The van der Waals surface area contributed by atoms with Gasteiger partial charge in [-0.1, -0.05) is 41.4 Å². The van der Waals surface area contributed by atoms with Crippen molar-refractivity contribution in [3.8, 4) is 5.75 Å². The number of phenolic OH excluding ortho intramolecular Hbond substituents is 1. The number of amides is 4. The number of fused-ring (bicyclic) bond motifs is 4. The minimum Gasteiger partial charge on any atom is -0.508 e. The Kier molecular flexibility index (Phi) is 6.30. The van der Waals surface area contributed by atoms with Crippen LogP contribution >= 0.6 is 34.8 Å². The smallest absolute Gasteiger partial charge is 0.258 e. The van der Waals surface area contributed by atoms with Crippen LogP contribution in [0.15, 0.2) is 84.4 Å². The van der Waals surface area contributed by atoms with Gasteiger partial charge < -0.3 is 5.11 Å². The molecule has 43 heavy (non-hydrogen) atoms. The lowest BCUT2D eigenvalue weighted by Gasteiger charge is -2.50. The molecule has 0 radical (unpaired) electrons. The van der Waals surface area contributed by atoms with E-state index in [1.165, 1.54) is 30.3 Å². The first-order valence-corrected chi connectivity index (χ1v) is 14.8. The van der Waals surface area contributed by atoms with Crippen LogP contribution in [0.4, 0.5) is 15.8 Å². The number of aromatic hydroxyl groups is 1. The summed E-state index contributed by atoms with van der Waals surface area (Å²) in [6, 6.07) is 17.6. The molecule has 0 bridgehead atoms. The number of carbonyl (C=O) groups is 4. The number of phenols is 1. The number of rotatable bonds is 3. The maximum absolute atomic E-state index is 14.3. The first-order chi connectivity index (χ1) is 20.5. The standard InChI is InChI=1S/C32H22Cl3FN2O5/c33-16-6-13-24(39)22(14-16)26-20-11-12-21-25(28(41)37(27(21)40)18-4-2-1-3-5-18)23(20)15-31(34)29(42)38(30(43)32(26,31)35)19-9-7-17(36)8-10-19/h1-11,13-14,21,23,25-26,39H,12,15H2. The molecule has 7 nitrogen and oxygen atoms in total. The molecule has 2 saturated heterocycles. The Labute approximate surface area is 260 Å². The summed E-state index contributed by atoms with van der Waals surface area (Å²) in [6.45, 7) is 0. The Hall–Kier alpha value is -3.72. The van der Waals surface area contributed by atoms with Gasteiger partial charge >= 0.3 is 0 Å². The summed E-state index contributed by atoms with van der Waals surface area (Å²) in [7, 11) is 0. The fourth-order valence-corrected chi connectivity index (χ4v) is 8.44. The van der Waals surface area contributed by atoms with Crippen molar-refractivity contribution in [2.75, 3.05) is 9.80 Å².